The molecule has 0 saturated heterocycles. The van der Waals surface area contributed by atoms with Crippen molar-refractivity contribution in [1.29, 1.82) is 0 Å². The minimum atomic E-state index is -0.750. The molecule has 2 saturated carbocycles. The average molecular weight is 270 g/mol. The lowest BCUT2D eigenvalue weighted by atomic mass is 9.83. The summed E-state index contributed by atoms with van der Waals surface area (Å²) in [4.78, 5) is 12.5. The van der Waals surface area contributed by atoms with E-state index in [1.165, 1.54) is 25.7 Å². The highest BCUT2D eigenvalue weighted by molar-refractivity contribution is 5.92. The van der Waals surface area contributed by atoms with Crippen molar-refractivity contribution in [3.05, 3.63) is 48.6 Å². The van der Waals surface area contributed by atoms with E-state index in [-0.39, 0.29) is 11.2 Å². The standard InChI is InChI=1S/C18H22O2/c1-2-18(20-13-15-8-4-3-5-9-15)14-17(12-16(18)19)10-6-7-11-17/h2-5,8-9H,1,6-7,10-14H2/t18-/m0/s1. The molecule has 0 unspecified atom stereocenters. The minimum absolute atomic E-state index is 0.196. The van der Waals surface area contributed by atoms with E-state index >= 15 is 0 Å². The Morgan fingerprint density at radius 2 is 1.90 bits per heavy atom. The molecule has 3 rings (SSSR count). The maximum atomic E-state index is 12.5. The smallest absolute Gasteiger partial charge is 0.169 e. The summed E-state index contributed by atoms with van der Waals surface area (Å²) < 4.78 is 6.06. The van der Waals surface area contributed by atoms with Crippen LogP contribution in [0.15, 0.2) is 43.0 Å². The molecule has 2 heteroatoms. The molecule has 1 aromatic carbocycles. The Hall–Kier alpha value is -1.41. The number of ether oxygens (including phenoxy) is 1. The average Bonchev–Trinajstić information content (AvgIpc) is 3.03. The summed E-state index contributed by atoms with van der Waals surface area (Å²) in [7, 11) is 0. The second-order valence-electron chi connectivity index (χ2n) is 6.35. The number of benzene rings is 1. The molecule has 0 heterocycles. The molecule has 0 radical (unpaired) electrons. The van der Waals surface area contributed by atoms with Gasteiger partial charge in [-0.3, -0.25) is 4.79 Å². The highest BCUT2D eigenvalue weighted by Gasteiger charge is 2.54. The van der Waals surface area contributed by atoms with Gasteiger partial charge < -0.3 is 4.74 Å². The van der Waals surface area contributed by atoms with Crippen LogP contribution in [-0.4, -0.2) is 11.4 Å². The normalized spacial score (nSPS) is 28.1. The zero-order valence-electron chi connectivity index (χ0n) is 11.9. The molecular formula is C18H22O2. The van der Waals surface area contributed by atoms with Gasteiger partial charge in [0.25, 0.3) is 0 Å². The van der Waals surface area contributed by atoms with Gasteiger partial charge in [-0.2, -0.15) is 0 Å². The SMILES string of the molecule is C=C[C@]1(OCc2ccccc2)CC2(CCCC2)CC1=O. The summed E-state index contributed by atoms with van der Waals surface area (Å²) in [5.74, 6) is 0.227. The first-order valence-corrected chi connectivity index (χ1v) is 7.53. The molecule has 20 heavy (non-hydrogen) atoms. The van der Waals surface area contributed by atoms with Gasteiger partial charge in [-0.15, -0.1) is 0 Å². The molecule has 0 amide bonds. The van der Waals surface area contributed by atoms with E-state index < -0.39 is 5.60 Å². The van der Waals surface area contributed by atoms with Gasteiger partial charge in [0.2, 0.25) is 0 Å². The van der Waals surface area contributed by atoms with Crippen molar-refractivity contribution in [2.24, 2.45) is 5.41 Å². The molecule has 2 aliphatic carbocycles. The van der Waals surface area contributed by atoms with E-state index in [4.69, 9.17) is 4.74 Å². The molecule has 0 aromatic heterocycles. The molecule has 1 atom stereocenters. The van der Waals surface area contributed by atoms with Crippen LogP contribution in [0.2, 0.25) is 0 Å². The fourth-order valence-electron chi connectivity index (χ4n) is 3.85. The number of rotatable bonds is 4. The number of carbonyl (C=O) groups is 1. The highest BCUT2D eigenvalue weighted by Crippen LogP contribution is 2.54. The van der Waals surface area contributed by atoms with E-state index in [2.05, 4.69) is 6.58 Å². The van der Waals surface area contributed by atoms with Gasteiger partial charge >= 0.3 is 0 Å². The van der Waals surface area contributed by atoms with Gasteiger partial charge in [0, 0.05) is 6.42 Å². The zero-order valence-corrected chi connectivity index (χ0v) is 11.9. The molecular weight excluding hydrogens is 248 g/mol. The third-order valence-corrected chi connectivity index (χ3v) is 4.98. The van der Waals surface area contributed by atoms with Gasteiger partial charge in [0.1, 0.15) is 5.60 Å². The molecule has 0 bridgehead atoms. The lowest BCUT2D eigenvalue weighted by Crippen LogP contribution is -2.35. The monoisotopic (exact) mass is 270 g/mol. The lowest BCUT2D eigenvalue weighted by Gasteiger charge is -2.28. The Morgan fingerprint density at radius 3 is 2.55 bits per heavy atom. The number of hydrogen-bond donors (Lipinski definition) is 0. The molecule has 0 N–H and O–H groups in total. The van der Waals surface area contributed by atoms with Crippen molar-refractivity contribution in [2.45, 2.75) is 50.7 Å². The van der Waals surface area contributed by atoms with Crippen LogP contribution in [0.25, 0.3) is 0 Å². The van der Waals surface area contributed by atoms with E-state index in [9.17, 15) is 4.79 Å². The zero-order chi connectivity index (χ0) is 14.1. The third-order valence-electron chi connectivity index (χ3n) is 4.98. The van der Waals surface area contributed by atoms with Crippen LogP contribution in [0.1, 0.15) is 44.1 Å². The van der Waals surface area contributed by atoms with Crippen LogP contribution >= 0.6 is 0 Å². The molecule has 106 valence electrons. The van der Waals surface area contributed by atoms with Crippen molar-refractivity contribution in [3.63, 3.8) is 0 Å². The molecule has 1 spiro atoms. The quantitative estimate of drug-likeness (QED) is 0.771. The Bertz CT molecular complexity index is 499. The van der Waals surface area contributed by atoms with Crippen LogP contribution in [-0.2, 0) is 16.1 Å². The Morgan fingerprint density at radius 1 is 1.20 bits per heavy atom. The first-order valence-electron chi connectivity index (χ1n) is 7.53. The summed E-state index contributed by atoms with van der Waals surface area (Å²) >= 11 is 0. The maximum absolute atomic E-state index is 12.5. The highest BCUT2D eigenvalue weighted by atomic mass is 16.5. The summed E-state index contributed by atoms with van der Waals surface area (Å²) in [5, 5.41) is 0. The van der Waals surface area contributed by atoms with Crippen LogP contribution in [0.4, 0.5) is 0 Å². The van der Waals surface area contributed by atoms with E-state index in [0.717, 1.165) is 12.0 Å². The van der Waals surface area contributed by atoms with Crippen molar-refractivity contribution in [3.8, 4) is 0 Å². The lowest BCUT2D eigenvalue weighted by molar-refractivity contribution is -0.135. The summed E-state index contributed by atoms with van der Waals surface area (Å²) in [6.07, 6.45) is 8.08. The van der Waals surface area contributed by atoms with Gasteiger partial charge in [-0.1, -0.05) is 55.8 Å². The van der Waals surface area contributed by atoms with E-state index in [0.29, 0.717) is 13.0 Å². The van der Waals surface area contributed by atoms with Crippen LogP contribution in [0.3, 0.4) is 0 Å². The number of carbonyl (C=O) groups excluding carboxylic acids is 1. The number of ketones is 1. The molecule has 2 aliphatic rings. The van der Waals surface area contributed by atoms with Crippen molar-refractivity contribution in [1.82, 2.24) is 0 Å². The maximum Gasteiger partial charge on any atom is 0.169 e. The number of hydrogen-bond acceptors (Lipinski definition) is 2. The minimum Gasteiger partial charge on any atom is -0.358 e. The molecule has 2 nitrogen and oxygen atoms in total. The van der Waals surface area contributed by atoms with E-state index in [1.54, 1.807) is 6.08 Å². The predicted molar refractivity (Wildman–Crippen MR) is 79.3 cm³/mol. The van der Waals surface area contributed by atoms with Gasteiger partial charge in [0.05, 0.1) is 6.61 Å². The fourth-order valence-corrected chi connectivity index (χ4v) is 3.85. The molecule has 2 fully saturated rings. The van der Waals surface area contributed by atoms with Crippen LogP contribution in [0, 0.1) is 5.41 Å². The second kappa shape index (κ2) is 5.17. The topological polar surface area (TPSA) is 26.3 Å². The third kappa shape index (κ3) is 2.33. The second-order valence-corrected chi connectivity index (χ2v) is 6.35. The predicted octanol–water partition coefficient (Wildman–Crippen LogP) is 4.05. The van der Waals surface area contributed by atoms with E-state index in [1.807, 2.05) is 30.3 Å². The summed E-state index contributed by atoms with van der Waals surface area (Å²) in [5.41, 5.74) is 0.552. The Kier molecular flexibility index (Phi) is 3.51. The van der Waals surface area contributed by atoms with Gasteiger partial charge in [-0.05, 0) is 30.2 Å². The van der Waals surface area contributed by atoms with Crippen molar-refractivity contribution >= 4 is 5.78 Å². The molecule has 1 aromatic rings. The van der Waals surface area contributed by atoms with Gasteiger partial charge in [-0.25, -0.2) is 0 Å². The first-order chi connectivity index (χ1) is 9.68. The van der Waals surface area contributed by atoms with Crippen LogP contribution < -0.4 is 0 Å². The van der Waals surface area contributed by atoms with Crippen molar-refractivity contribution < 1.29 is 9.53 Å². The first kappa shape index (κ1) is 13.6. The summed E-state index contributed by atoms with van der Waals surface area (Å²) in [6.45, 7) is 4.37. The fraction of sp³-hybridized carbons (Fsp3) is 0.500. The number of Topliss-reactive ketones (excluding diaryl/α,β-unsaturated/α-hetero) is 1. The Balaban J connectivity index is 1.74. The molecule has 0 aliphatic heterocycles. The van der Waals surface area contributed by atoms with Gasteiger partial charge in [0.15, 0.2) is 5.78 Å². The largest absolute Gasteiger partial charge is 0.358 e. The Labute approximate surface area is 120 Å². The van der Waals surface area contributed by atoms with Crippen molar-refractivity contribution in [2.75, 3.05) is 0 Å². The van der Waals surface area contributed by atoms with Crippen LogP contribution in [0.5, 0.6) is 0 Å². The summed E-state index contributed by atoms with van der Waals surface area (Å²) in [6, 6.07) is 10.0.